The average Bonchev–Trinajstić information content (AvgIpc) is 3.42. The van der Waals surface area contributed by atoms with E-state index in [1.54, 1.807) is 12.1 Å². The minimum atomic E-state index is -0.647. The van der Waals surface area contributed by atoms with Crippen molar-refractivity contribution < 1.29 is 14.0 Å². The van der Waals surface area contributed by atoms with Crippen LogP contribution in [0.2, 0.25) is 0 Å². The Morgan fingerprint density at radius 1 is 1.04 bits per heavy atom. The van der Waals surface area contributed by atoms with Gasteiger partial charge in [0.15, 0.2) is 0 Å². The molecule has 25 heavy (non-hydrogen) atoms. The number of rotatable bonds is 5. The first kappa shape index (κ1) is 17.1. The third-order valence-corrected chi connectivity index (χ3v) is 4.75. The van der Waals surface area contributed by atoms with Crippen LogP contribution < -0.4 is 10.6 Å². The molecule has 2 aromatic carbocycles. The summed E-state index contributed by atoms with van der Waals surface area (Å²) in [7, 11) is 0. The van der Waals surface area contributed by atoms with E-state index in [4.69, 9.17) is 0 Å². The monoisotopic (exact) mass is 340 g/mol. The molecule has 2 N–H and O–H groups in total. The summed E-state index contributed by atoms with van der Waals surface area (Å²) in [5, 5.41) is 5.41. The third-order valence-electron chi connectivity index (χ3n) is 4.75. The lowest BCUT2D eigenvalue weighted by Crippen LogP contribution is -2.43. The van der Waals surface area contributed by atoms with E-state index in [0.717, 1.165) is 24.0 Å². The molecule has 5 heteroatoms. The molecule has 0 aliphatic heterocycles. The lowest BCUT2D eigenvalue weighted by molar-refractivity contribution is -0.139. The molecule has 1 fully saturated rings. The molecule has 0 bridgehead atoms. The Bertz CT molecular complexity index is 755. The Balaban J connectivity index is 1.54. The van der Waals surface area contributed by atoms with Gasteiger partial charge in [0.2, 0.25) is 0 Å². The molecule has 0 unspecified atom stereocenters. The van der Waals surface area contributed by atoms with Crippen molar-refractivity contribution in [3.05, 3.63) is 71.5 Å². The molecule has 1 aliphatic carbocycles. The molecule has 0 spiro atoms. The molecule has 1 aliphatic rings. The largest absolute Gasteiger partial charge is 0.347 e. The summed E-state index contributed by atoms with van der Waals surface area (Å²) in [6.45, 7) is 2.21. The number of carbonyl (C=O) groups is 2. The second kappa shape index (κ2) is 7.05. The maximum absolute atomic E-state index is 13.1. The summed E-state index contributed by atoms with van der Waals surface area (Å²) < 4.78 is 13.1. The van der Waals surface area contributed by atoms with Crippen LogP contribution in [0.3, 0.4) is 0 Å². The maximum atomic E-state index is 13.1. The van der Waals surface area contributed by atoms with Crippen molar-refractivity contribution in [3.8, 4) is 0 Å². The molecule has 4 nitrogen and oxygen atoms in total. The maximum Gasteiger partial charge on any atom is 0.309 e. The topological polar surface area (TPSA) is 58.2 Å². The van der Waals surface area contributed by atoms with Crippen molar-refractivity contribution in [3.63, 3.8) is 0 Å². The smallest absolute Gasteiger partial charge is 0.309 e. The molecule has 130 valence electrons. The fraction of sp³-hybridized carbons (Fsp3) is 0.300. The number of hydrogen-bond donors (Lipinski definition) is 2. The van der Waals surface area contributed by atoms with Gasteiger partial charge in [-0.3, -0.25) is 9.59 Å². The molecular formula is C20H21FN2O2. The minimum Gasteiger partial charge on any atom is -0.347 e. The summed E-state index contributed by atoms with van der Waals surface area (Å²) in [4.78, 5) is 24.2. The molecule has 0 heterocycles. The summed E-state index contributed by atoms with van der Waals surface area (Å²) in [5.41, 5.74) is 1.76. The van der Waals surface area contributed by atoms with E-state index in [0.29, 0.717) is 6.54 Å². The van der Waals surface area contributed by atoms with E-state index in [1.807, 2.05) is 37.3 Å². The van der Waals surface area contributed by atoms with Crippen LogP contribution in [0.25, 0.3) is 0 Å². The number of benzene rings is 2. The van der Waals surface area contributed by atoms with Gasteiger partial charge in [0.1, 0.15) is 5.82 Å². The molecular weight excluding hydrogens is 319 g/mol. The number of amides is 2. The number of hydrogen-bond acceptors (Lipinski definition) is 2. The van der Waals surface area contributed by atoms with Crippen LogP contribution in [0.1, 0.15) is 36.9 Å². The Hall–Kier alpha value is -2.69. The average molecular weight is 340 g/mol. The Labute approximate surface area is 146 Å². The normalized spacial score (nSPS) is 15.9. The fourth-order valence-electron chi connectivity index (χ4n) is 2.94. The molecule has 0 aromatic heterocycles. The second-order valence-electron chi connectivity index (χ2n) is 6.58. The van der Waals surface area contributed by atoms with Gasteiger partial charge >= 0.3 is 11.8 Å². The van der Waals surface area contributed by atoms with Crippen LogP contribution in [-0.2, 0) is 15.0 Å². The van der Waals surface area contributed by atoms with Crippen LogP contribution in [0.4, 0.5) is 4.39 Å². The van der Waals surface area contributed by atoms with E-state index in [1.165, 1.54) is 12.1 Å². The van der Waals surface area contributed by atoms with Crippen LogP contribution >= 0.6 is 0 Å². The zero-order valence-corrected chi connectivity index (χ0v) is 14.1. The van der Waals surface area contributed by atoms with Gasteiger partial charge in [-0.2, -0.15) is 0 Å². The van der Waals surface area contributed by atoms with Gasteiger partial charge < -0.3 is 10.6 Å². The first-order valence-corrected chi connectivity index (χ1v) is 8.40. The standard InChI is InChI=1S/C20H21FN2O2/c1-14(15-5-3-2-4-6-15)23-19(25)18(24)22-13-20(11-12-20)16-7-9-17(21)10-8-16/h2-10,14H,11-13H2,1H3,(H,22,24)(H,23,25)/t14-/m0/s1. The van der Waals surface area contributed by atoms with E-state index < -0.39 is 11.8 Å². The fourth-order valence-corrected chi connectivity index (χ4v) is 2.94. The van der Waals surface area contributed by atoms with Gasteiger partial charge in [0.25, 0.3) is 0 Å². The summed E-state index contributed by atoms with van der Waals surface area (Å²) in [6, 6.07) is 15.6. The van der Waals surface area contributed by atoms with Crippen LogP contribution in [0.15, 0.2) is 54.6 Å². The SMILES string of the molecule is C[C@H](NC(=O)C(=O)NCC1(c2ccc(F)cc2)CC1)c1ccccc1. The molecule has 0 saturated heterocycles. The van der Waals surface area contributed by atoms with E-state index in [9.17, 15) is 14.0 Å². The lowest BCUT2D eigenvalue weighted by Gasteiger charge is -2.18. The highest BCUT2D eigenvalue weighted by Gasteiger charge is 2.44. The highest BCUT2D eigenvalue weighted by Crippen LogP contribution is 2.47. The van der Waals surface area contributed by atoms with Crippen LogP contribution in [-0.4, -0.2) is 18.4 Å². The van der Waals surface area contributed by atoms with Crippen molar-refractivity contribution >= 4 is 11.8 Å². The molecule has 3 rings (SSSR count). The molecule has 1 saturated carbocycles. The van der Waals surface area contributed by atoms with E-state index in [-0.39, 0.29) is 17.3 Å². The number of nitrogens with one attached hydrogen (secondary N) is 2. The first-order valence-electron chi connectivity index (χ1n) is 8.40. The first-order chi connectivity index (χ1) is 12.0. The van der Waals surface area contributed by atoms with E-state index >= 15 is 0 Å². The highest BCUT2D eigenvalue weighted by atomic mass is 19.1. The van der Waals surface area contributed by atoms with Gasteiger partial charge in [-0.1, -0.05) is 42.5 Å². The Kier molecular flexibility index (Phi) is 4.83. The number of halogens is 1. The predicted molar refractivity (Wildman–Crippen MR) is 93.3 cm³/mol. The zero-order valence-electron chi connectivity index (χ0n) is 14.1. The summed E-state index contributed by atoms with van der Waals surface area (Å²) >= 11 is 0. The Morgan fingerprint density at radius 3 is 2.28 bits per heavy atom. The van der Waals surface area contributed by atoms with Gasteiger partial charge in [-0.25, -0.2) is 4.39 Å². The highest BCUT2D eigenvalue weighted by molar-refractivity contribution is 6.35. The molecule has 0 radical (unpaired) electrons. The number of carbonyl (C=O) groups excluding carboxylic acids is 2. The minimum absolute atomic E-state index is 0.172. The lowest BCUT2D eigenvalue weighted by atomic mass is 9.96. The van der Waals surface area contributed by atoms with Crippen molar-refractivity contribution in [1.82, 2.24) is 10.6 Å². The van der Waals surface area contributed by atoms with Crippen molar-refractivity contribution in [1.29, 1.82) is 0 Å². The summed E-state index contributed by atoms with van der Waals surface area (Å²) in [5.74, 6) is -1.57. The molecule has 2 aromatic rings. The van der Waals surface area contributed by atoms with Crippen LogP contribution in [0.5, 0.6) is 0 Å². The Morgan fingerprint density at radius 2 is 1.68 bits per heavy atom. The molecule has 2 amide bonds. The van der Waals surface area contributed by atoms with Crippen molar-refractivity contribution in [2.24, 2.45) is 0 Å². The quantitative estimate of drug-likeness (QED) is 0.823. The summed E-state index contributed by atoms with van der Waals surface area (Å²) in [6.07, 6.45) is 1.84. The third kappa shape index (κ3) is 4.05. The van der Waals surface area contributed by atoms with Gasteiger partial charge in [0, 0.05) is 12.0 Å². The zero-order chi connectivity index (χ0) is 17.9. The van der Waals surface area contributed by atoms with Gasteiger partial charge in [0.05, 0.1) is 6.04 Å². The second-order valence-corrected chi connectivity index (χ2v) is 6.58. The predicted octanol–water partition coefficient (Wildman–Crippen LogP) is 2.85. The van der Waals surface area contributed by atoms with Crippen LogP contribution in [0, 0.1) is 5.82 Å². The van der Waals surface area contributed by atoms with Gasteiger partial charge in [-0.05, 0) is 43.0 Å². The molecule has 1 atom stereocenters. The van der Waals surface area contributed by atoms with Crippen molar-refractivity contribution in [2.45, 2.75) is 31.2 Å². The van der Waals surface area contributed by atoms with Gasteiger partial charge in [-0.15, -0.1) is 0 Å². The van der Waals surface area contributed by atoms with Crippen molar-refractivity contribution in [2.75, 3.05) is 6.54 Å². The van der Waals surface area contributed by atoms with E-state index in [2.05, 4.69) is 10.6 Å².